The standard InChI is InChI=1S/C22H20N2O6S/c1-23(13-18(27)15-7-8-16(25)17(26)12-15)20(28)9-10-24-21(29)19(31-22(24)30)11-14-5-3-2-4-6-14/h2-8,11-12,25-26H,9-10,13H2,1H3/b19-11-. The van der Waals surface area contributed by atoms with Crippen molar-refractivity contribution >= 4 is 40.7 Å². The number of benzene rings is 2. The number of hydrogen-bond acceptors (Lipinski definition) is 7. The van der Waals surface area contributed by atoms with E-state index in [9.17, 15) is 29.4 Å². The monoisotopic (exact) mass is 440 g/mol. The van der Waals surface area contributed by atoms with E-state index in [-0.39, 0.29) is 30.8 Å². The highest BCUT2D eigenvalue weighted by Crippen LogP contribution is 2.32. The van der Waals surface area contributed by atoms with Crippen LogP contribution < -0.4 is 0 Å². The maximum atomic E-state index is 12.5. The summed E-state index contributed by atoms with van der Waals surface area (Å²) < 4.78 is 0. The number of rotatable bonds is 7. The van der Waals surface area contributed by atoms with Crippen molar-refractivity contribution in [2.24, 2.45) is 0 Å². The number of likely N-dealkylation sites (N-methyl/N-ethyl adjacent to an activating group) is 1. The highest BCUT2D eigenvalue weighted by molar-refractivity contribution is 8.18. The summed E-state index contributed by atoms with van der Waals surface area (Å²) in [5.41, 5.74) is 0.939. The van der Waals surface area contributed by atoms with Gasteiger partial charge in [-0.1, -0.05) is 30.3 Å². The molecule has 3 amide bonds. The molecular weight excluding hydrogens is 420 g/mol. The summed E-state index contributed by atoms with van der Waals surface area (Å²) in [7, 11) is 1.43. The van der Waals surface area contributed by atoms with Crippen molar-refractivity contribution in [3.05, 3.63) is 64.6 Å². The fraction of sp³-hybridized carbons (Fsp3) is 0.182. The van der Waals surface area contributed by atoms with Crippen LogP contribution in [-0.2, 0) is 9.59 Å². The SMILES string of the molecule is CN(CC(=O)c1ccc(O)c(O)c1)C(=O)CCN1C(=O)S/C(=C\c2ccccc2)C1=O. The molecule has 1 fully saturated rings. The van der Waals surface area contributed by atoms with Gasteiger partial charge in [0.05, 0.1) is 11.4 Å². The molecule has 0 saturated carbocycles. The average Bonchev–Trinajstić information content (AvgIpc) is 3.01. The minimum absolute atomic E-state index is 0.0891. The molecule has 31 heavy (non-hydrogen) atoms. The molecule has 0 bridgehead atoms. The Morgan fingerprint density at radius 2 is 1.77 bits per heavy atom. The van der Waals surface area contributed by atoms with Gasteiger partial charge in [0.2, 0.25) is 5.91 Å². The number of nitrogens with zero attached hydrogens (tertiary/aromatic N) is 2. The molecule has 1 aliphatic heterocycles. The molecule has 9 heteroatoms. The van der Waals surface area contributed by atoms with Crippen molar-refractivity contribution in [3.63, 3.8) is 0 Å². The van der Waals surface area contributed by atoms with Crippen molar-refractivity contribution in [2.75, 3.05) is 20.1 Å². The molecule has 0 unspecified atom stereocenters. The Morgan fingerprint density at radius 3 is 2.45 bits per heavy atom. The third-order valence-electron chi connectivity index (χ3n) is 4.62. The van der Waals surface area contributed by atoms with E-state index in [0.717, 1.165) is 28.3 Å². The first-order valence-corrected chi connectivity index (χ1v) is 10.2. The van der Waals surface area contributed by atoms with Gasteiger partial charge in [-0.25, -0.2) is 0 Å². The molecule has 1 heterocycles. The topological polar surface area (TPSA) is 115 Å². The summed E-state index contributed by atoms with van der Waals surface area (Å²) in [4.78, 5) is 51.9. The lowest BCUT2D eigenvalue weighted by Crippen LogP contribution is -2.36. The van der Waals surface area contributed by atoms with E-state index in [0.29, 0.717) is 4.91 Å². The summed E-state index contributed by atoms with van der Waals surface area (Å²) in [6.45, 7) is -0.340. The van der Waals surface area contributed by atoms with Crippen LogP contribution in [0.1, 0.15) is 22.3 Å². The fourth-order valence-electron chi connectivity index (χ4n) is 2.88. The molecule has 0 atom stereocenters. The maximum absolute atomic E-state index is 12.5. The van der Waals surface area contributed by atoms with Gasteiger partial charge in [0.1, 0.15) is 0 Å². The number of thioether (sulfide) groups is 1. The van der Waals surface area contributed by atoms with Crippen LogP contribution >= 0.6 is 11.8 Å². The summed E-state index contributed by atoms with van der Waals surface area (Å²) in [6.07, 6.45) is 1.51. The maximum Gasteiger partial charge on any atom is 0.293 e. The lowest BCUT2D eigenvalue weighted by atomic mass is 10.1. The molecule has 2 aromatic carbocycles. The number of aromatic hydroxyl groups is 2. The minimum atomic E-state index is -0.454. The van der Waals surface area contributed by atoms with Gasteiger partial charge in [-0.05, 0) is 41.6 Å². The molecule has 2 aromatic rings. The largest absolute Gasteiger partial charge is 0.504 e. The number of phenols is 2. The van der Waals surface area contributed by atoms with Crippen LogP contribution in [0.5, 0.6) is 11.5 Å². The van der Waals surface area contributed by atoms with E-state index in [1.165, 1.54) is 24.1 Å². The van der Waals surface area contributed by atoms with E-state index >= 15 is 0 Å². The Hall–Kier alpha value is -3.59. The molecule has 0 aliphatic carbocycles. The molecule has 3 rings (SSSR count). The summed E-state index contributed by atoms with van der Waals surface area (Å²) in [6, 6.07) is 12.8. The Labute approximate surface area is 182 Å². The number of ketones is 1. The van der Waals surface area contributed by atoms with Gasteiger partial charge >= 0.3 is 0 Å². The van der Waals surface area contributed by atoms with Gasteiger partial charge in [-0.15, -0.1) is 0 Å². The zero-order valence-electron chi connectivity index (χ0n) is 16.6. The molecule has 1 aliphatic rings. The van der Waals surface area contributed by atoms with Gasteiger partial charge in [0.15, 0.2) is 17.3 Å². The van der Waals surface area contributed by atoms with Gasteiger partial charge in [0, 0.05) is 25.6 Å². The van der Waals surface area contributed by atoms with E-state index in [1.807, 2.05) is 30.3 Å². The molecule has 8 nitrogen and oxygen atoms in total. The first kappa shape index (κ1) is 22.1. The Bertz CT molecular complexity index is 1070. The predicted octanol–water partition coefficient (Wildman–Crippen LogP) is 2.87. The Balaban J connectivity index is 1.56. The quantitative estimate of drug-likeness (QED) is 0.386. The normalized spacial score (nSPS) is 14.9. The van der Waals surface area contributed by atoms with Crippen molar-refractivity contribution in [3.8, 4) is 11.5 Å². The van der Waals surface area contributed by atoms with Crippen molar-refractivity contribution in [2.45, 2.75) is 6.42 Å². The van der Waals surface area contributed by atoms with Crippen molar-refractivity contribution in [1.29, 1.82) is 0 Å². The number of Topliss-reactive ketones (excluding diaryl/α,β-unsaturated/α-hetero) is 1. The van der Waals surface area contributed by atoms with E-state index in [2.05, 4.69) is 0 Å². The molecule has 1 saturated heterocycles. The van der Waals surface area contributed by atoms with E-state index in [4.69, 9.17) is 0 Å². The van der Waals surface area contributed by atoms with Gasteiger partial charge < -0.3 is 15.1 Å². The summed E-state index contributed by atoms with van der Waals surface area (Å²) >= 11 is 0.823. The second kappa shape index (κ2) is 9.48. The van der Waals surface area contributed by atoms with Crippen LogP contribution in [-0.4, -0.2) is 63.0 Å². The van der Waals surface area contributed by atoms with Crippen LogP contribution in [0.4, 0.5) is 4.79 Å². The number of amides is 3. The number of phenolic OH excluding ortho intramolecular Hbond substituents is 2. The lowest BCUT2D eigenvalue weighted by molar-refractivity contribution is -0.130. The Kier molecular flexibility index (Phi) is 6.76. The second-order valence-corrected chi connectivity index (χ2v) is 7.86. The van der Waals surface area contributed by atoms with Gasteiger partial charge in [-0.2, -0.15) is 0 Å². The van der Waals surface area contributed by atoms with Crippen LogP contribution in [0.25, 0.3) is 6.08 Å². The molecular formula is C22H20N2O6S. The third-order valence-corrected chi connectivity index (χ3v) is 5.53. The number of carbonyl (C=O) groups is 4. The minimum Gasteiger partial charge on any atom is -0.504 e. The van der Waals surface area contributed by atoms with Crippen LogP contribution in [0.3, 0.4) is 0 Å². The molecule has 0 radical (unpaired) electrons. The second-order valence-electron chi connectivity index (χ2n) is 6.87. The van der Waals surface area contributed by atoms with Crippen LogP contribution in [0.2, 0.25) is 0 Å². The first-order chi connectivity index (χ1) is 14.8. The Morgan fingerprint density at radius 1 is 1.06 bits per heavy atom. The zero-order valence-corrected chi connectivity index (χ0v) is 17.5. The lowest BCUT2D eigenvalue weighted by Gasteiger charge is -2.18. The first-order valence-electron chi connectivity index (χ1n) is 9.36. The predicted molar refractivity (Wildman–Crippen MR) is 115 cm³/mol. The van der Waals surface area contributed by atoms with E-state index < -0.39 is 28.6 Å². The molecule has 0 spiro atoms. The van der Waals surface area contributed by atoms with Gasteiger partial charge in [0.25, 0.3) is 11.1 Å². The number of imide groups is 1. The molecule has 160 valence electrons. The van der Waals surface area contributed by atoms with Gasteiger partial charge in [-0.3, -0.25) is 24.1 Å². The zero-order chi connectivity index (χ0) is 22.5. The van der Waals surface area contributed by atoms with Crippen molar-refractivity contribution < 1.29 is 29.4 Å². The third kappa shape index (κ3) is 5.32. The number of carbonyl (C=O) groups excluding carboxylic acids is 4. The fourth-order valence-corrected chi connectivity index (χ4v) is 3.75. The average molecular weight is 440 g/mol. The number of hydrogen-bond donors (Lipinski definition) is 2. The van der Waals surface area contributed by atoms with Crippen LogP contribution in [0, 0.1) is 0 Å². The summed E-state index contributed by atoms with van der Waals surface area (Å²) in [5.74, 6) is -2.07. The highest BCUT2D eigenvalue weighted by Gasteiger charge is 2.35. The molecule has 0 aromatic heterocycles. The summed E-state index contributed by atoms with van der Waals surface area (Å²) in [5, 5.41) is 18.4. The smallest absolute Gasteiger partial charge is 0.293 e. The van der Waals surface area contributed by atoms with Crippen LogP contribution in [0.15, 0.2) is 53.4 Å². The van der Waals surface area contributed by atoms with E-state index in [1.54, 1.807) is 6.08 Å². The highest BCUT2D eigenvalue weighted by atomic mass is 32.2. The molecule has 2 N–H and O–H groups in total. The van der Waals surface area contributed by atoms with Crippen molar-refractivity contribution in [1.82, 2.24) is 9.80 Å².